The minimum absolute atomic E-state index is 0.107. The van der Waals surface area contributed by atoms with Gasteiger partial charge in [0.2, 0.25) is 0 Å². The molecule has 6 nitrogen and oxygen atoms in total. The maximum absolute atomic E-state index is 12.8. The van der Waals surface area contributed by atoms with Gasteiger partial charge in [-0.05, 0) is 74.2 Å². The minimum Gasteiger partial charge on any atom is -0.481 e. The van der Waals surface area contributed by atoms with Crippen LogP contribution in [0.15, 0.2) is 71.6 Å². The third-order valence-corrected chi connectivity index (χ3v) is 6.65. The molecular weight excluding hydrogens is 436 g/mol. The van der Waals surface area contributed by atoms with Crippen molar-refractivity contribution >= 4 is 27.3 Å². The first-order valence-corrected chi connectivity index (χ1v) is 12.3. The van der Waals surface area contributed by atoms with Gasteiger partial charge < -0.3 is 10.1 Å². The molecule has 0 aliphatic carbocycles. The number of nitrogens with one attached hydrogen (secondary N) is 2. The summed E-state index contributed by atoms with van der Waals surface area (Å²) in [4.78, 5) is 12.7. The Morgan fingerprint density at radius 3 is 2.21 bits per heavy atom. The molecule has 0 unspecified atom stereocenters. The van der Waals surface area contributed by atoms with E-state index in [1.54, 1.807) is 25.1 Å². The Morgan fingerprint density at radius 2 is 1.58 bits per heavy atom. The number of hydrogen-bond acceptors (Lipinski definition) is 4. The second-order valence-corrected chi connectivity index (χ2v) is 10.1. The number of rotatable bonds is 8. The summed E-state index contributed by atoms with van der Waals surface area (Å²) >= 11 is 0. The monoisotopic (exact) mass is 466 g/mol. The third kappa shape index (κ3) is 6.14. The second kappa shape index (κ2) is 10.1. The highest BCUT2D eigenvalue weighted by molar-refractivity contribution is 7.92. The number of ether oxygens (including phenoxy) is 1. The Kier molecular flexibility index (Phi) is 7.43. The van der Waals surface area contributed by atoms with E-state index in [2.05, 4.69) is 23.9 Å². The highest BCUT2D eigenvalue weighted by atomic mass is 32.2. The molecule has 0 bridgehead atoms. The van der Waals surface area contributed by atoms with Crippen molar-refractivity contribution in [1.29, 1.82) is 0 Å². The molecule has 0 aliphatic rings. The van der Waals surface area contributed by atoms with Crippen LogP contribution < -0.4 is 14.8 Å². The Balaban J connectivity index is 1.67. The van der Waals surface area contributed by atoms with Gasteiger partial charge in [-0.3, -0.25) is 9.52 Å². The van der Waals surface area contributed by atoms with Crippen LogP contribution in [0.5, 0.6) is 5.75 Å². The number of carbonyl (C=O) groups excluding carboxylic acids is 1. The fourth-order valence-electron chi connectivity index (χ4n) is 3.40. The first-order chi connectivity index (χ1) is 15.6. The van der Waals surface area contributed by atoms with Gasteiger partial charge in [-0.2, -0.15) is 0 Å². The lowest BCUT2D eigenvalue weighted by Gasteiger charge is -2.18. The van der Waals surface area contributed by atoms with Gasteiger partial charge in [-0.25, -0.2) is 8.42 Å². The summed E-state index contributed by atoms with van der Waals surface area (Å²) in [6, 6.07) is 19.2. The van der Waals surface area contributed by atoms with Crippen molar-refractivity contribution in [1.82, 2.24) is 0 Å². The molecule has 2 N–H and O–H groups in total. The Morgan fingerprint density at radius 1 is 0.909 bits per heavy atom. The predicted molar refractivity (Wildman–Crippen MR) is 132 cm³/mol. The van der Waals surface area contributed by atoms with Gasteiger partial charge >= 0.3 is 0 Å². The van der Waals surface area contributed by atoms with E-state index in [4.69, 9.17) is 4.74 Å². The van der Waals surface area contributed by atoms with Gasteiger partial charge in [0.05, 0.1) is 10.6 Å². The number of sulfonamides is 1. The average molecular weight is 467 g/mol. The van der Waals surface area contributed by atoms with Crippen molar-refractivity contribution in [2.24, 2.45) is 0 Å². The van der Waals surface area contributed by atoms with Crippen LogP contribution in [0.2, 0.25) is 0 Å². The van der Waals surface area contributed by atoms with E-state index >= 15 is 0 Å². The SMILES string of the molecule is Cc1ccc(NS(=O)(=O)c2ccc(NC(=O)[C@@H](C)Oc3ccccc3C(C)C)cc2)c(C)c1. The molecule has 0 aliphatic heterocycles. The molecule has 0 fully saturated rings. The van der Waals surface area contributed by atoms with Crippen LogP contribution in [0.25, 0.3) is 0 Å². The van der Waals surface area contributed by atoms with E-state index in [0.29, 0.717) is 17.1 Å². The predicted octanol–water partition coefficient (Wildman–Crippen LogP) is 5.63. The summed E-state index contributed by atoms with van der Waals surface area (Å²) in [6.45, 7) is 9.62. The summed E-state index contributed by atoms with van der Waals surface area (Å²) < 4.78 is 34.0. The Hall–Kier alpha value is -3.32. The van der Waals surface area contributed by atoms with Crippen molar-refractivity contribution in [3.05, 3.63) is 83.4 Å². The molecule has 3 aromatic rings. The van der Waals surface area contributed by atoms with Gasteiger partial charge in [0.1, 0.15) is 5.75 Å². The van der Waals surface area contributed by atoms with Crippen LogP contribution >= 0.6 is 0 Å². The highest BCUT2D eigenvalue weighted by Crippen LogP contribution is 2.27. The lowest BCUT2D eigenvalue weighted by atomic mass is 10.0. The van der Waals surface area contributed by atoms with Gasteiger partial charge in [0.15, 0.2) is 6.10 Å². The molecule has 3 rings (SSSR count). The van der Waals surface area contributed by atoms with Crippen LogP contribution in [-0.4, -0.2) is 20.4 Å². The maximum atomic E-state index is 12.8. The van der Waals surface area contributed by atoms with Gasteiger partial charge in [0, 0.05) is 5.69 Å². The van der Waals surface area contributed by atoms with Gasteiger partial charge in [0.25, 0.3) is 15.9 Å². The zero-order chi connectivity index (χ0) is 24.2. The molecule has 1 atom stereocenters. The summed E-state index contributed by atoms with van der Waals surface area (Å²) in [7, 11) is -3.75. The summed E-state index contributed by atoms with van der Waals surface area (Å²) in [6.07, 6.45) is -0.723. The lowest BCUT2D eigenvalue weighted by Crippen LogP contribution is -2.30. The molecule has 0 spiro atoms. The molecule has 174 valence electrons. The highest BCUT2D eigenvalue weighted by Gasteiger charge is 2.19. The van der Waals surface area contributed by atoms with E-state index in [1.807, 2.05) is 50.2 Å². The number of amides is 1. The van der Waals surface area contributed by atoms with E-state index in [0.717, 1.165) is 16.7 Å². The second-order valence-electron chi connectivity index (χ2n) is 8.39. The normalized spacial score (nSPS) is 12.3. The maximum Gasteiger partial charge on any atom is 0.265 e. The van der Waals surface area contributed by atoms with Crippen LogP contribution in [-0.2, 0) is 14.8 Å². The number of para-hydroxylation sites is 1. The summed E-state index contributed by atoms with van der Waals surface area (Å²) in [5.41, 5.74) is 3.95. The third-order valence-electron chi connectivity index (χ3n) is 5.27. The fourth-order valence-corrected chi connectivity index (χ4v) is 4.53. The van der Waals surface area contributed by atoms with E-state index < -0.39 is 16.1 Å². The van der Waals surface area contributed by atoms with Crippen molar-refractivity contribution in [2.45, 2.75) is 51.5 Å². The first kappa shape index (κ1) is 24.3. The number of benzene rings is 3. The molecule has 1 amide bonds. The van der Waals surface area contributed by atoms with Crippen molar-refractivity contribution in [3.8, 4) is 5.75 Å². The van der Waals surface area contributed by atoms with E-state index in [1.165, 1.54) is 12.1 Å². The number of hydrogen-bond donors (Lipinski definition) is 2. The molecule has 0 radical (unpaired) electrons. The zero-order valence-corrected chi connectivity index (χ0v) is 20.4. The molecule has 0 aromatic heterocycles. The molecule has 33 heavy (non-hydrogen) atoms. The van der Waals surface area contributed by atoms with Crippen molar-refractivity contribution < 1.29 is 17.9 Å². The molecule has 0 saturated heterocycles. The standard InChI is InChI=1S/C26H30N2O4S/c1-17(2)23-8-6-7-9-25(23)32-20(5)26(29)27-21-11-13-22(14-12-21)33(30,31)28-24-15-10-18(3)16-19(24)4/h6-17,20,28H,1-5H3,(H,27,29)/t20-/m1/s1. The van der Waals surface area contributed by atoms with Crippen molar-refractivity contribution in [2.75, 3.05) is 10.0 Å². The molecule has 7 heteroatoms. The molecule has 3 aromatic carbocycles. The summed E-state index contributed by atoms with van der Waals surface area (Å²) in [5.74, 6) is 0.620. The zero-order valence-electron chi connectivity index (χ0n) is 19.5. The van der Waals surface area contributed by atoms with Gasteiger partial charge in [-0.1, -0.05) is 49.7 Å². The summed E-state index contributed by atoms with van der Waals surface area (Å²) in [5, 5.41) is 2.78. The average Bonchev–Trinajstić information content (AvgIpc) is 2.76. The Bertz CT molecular complexity index is 1240. The number of aryl methyl sites for hydroxylation is 2. The quantitative estimate of drug-likeness (QED) is 0.450. The van der Waals surface area contributed by atoms with Crippen LogP contribution in [0.1, 0.15) is 43.4 Å². The number of anilines is 2. The van der Waals surface area contributed by atoms with Crippen molar-refractivity contribution in [3.63, 3.8) is 0 Å². The topological polar surface area (TPSA) is 84.5 Å². The number of carbonyl (C=O) groups is 1. The largest absolute Gasteiger partial charge is 0.481 e. The van der Waals surface area contributed by atoms with Crippen LogP contribution in [0, 0.1) is 13.8 Å². The van der Waals surface area contributed by atoms with Gasteiger partial charge in [-0.15, -0.1) is 0 Å². The Labute approximate surface area is 196 Å². The van der Waals surface area contributed by atoms with Crippen LogP contribution in [0.4, 0.5) is 11.4 Å². The lowest BCUT2D eigenvalue weighted by molar-refractivity contribution is -0.122. The van der Waals surface area contributed by atoms with E-state index in [-0.39, 0.29) is 16.7 Å². The fraction of sp³-hybridized carbons (Fsp3) is 0.269. The molecule has 0 saturated carbocycles. The smallest absolute Gasteiger partial charge is 0.265 e. The molecular formula is C26H30N2O4S. The minimum atomic E-state index is -3.75. The first-order valence-electron chi connectivity index (χ1n) is 10.8. The molecule has 0 heterocycles. The van der Waals surface area contributed by atoms with E-state index in [9.17, 15) is 13.2 Å². The van der Waals surface area contributed by atoms with Crippen LogP contribution in [0.3, 0.4) is 0 Å².